The maximum absolute atomic E-state index is 6.11. The van der Waals surface area contributed by atoms with Gasteiger partial charge in [-0.2, -0.15) is 15.0 Å². The number of hydrogen-bond acceptors (Lipinski definition) is 4. The molecule has 0 spiro atoms. The van der Waals surface area contributed by atoms with E-state index in [0.717, 1.165) is 29.1 Å². The Balaban J connectivity index is 1.55. The van der Waals surface area contributed by atoms with Gasteiger partial charge >= 0.3 is 0 Å². The number of halogens is 1. The summed E-state index contributed by atoms with van der Waals surface area (Å²) >= 11 is 6.11. The fraction of sp³-hybridized carbons (Fsp3) is 0.136. The normalized spacial score (nSPS) is 10.9. The molecular weight excluding hydrogens is 370 g/mol. The first-order valence-electron chi connectivity index (χ1n) is 9.11. The monoisotopic (exact) mass is 389 g/mol. The maximum Gasteiger partial charge on any atom is 0.117 e. The van der Waals surface area contributed by atoms with Gasteiger partial charge in [-0.15, -0.1) is 0 Å². The first-order chi connectivity index (χ1) is 13.8. The van der Waals surface area contributed by atoms with Gasteiger partial charge in [-0.3, -0.25) is 4.98 Å². The number of aromatic nitrogens is 4. The van der Waals surface area contributed by atoms with E-state index in [1.54, 1.807) is 17.2 Å². The maximum atomic E-state index is 6.11. The summed E-state index contributed by atoms with van der Waals surface area (Å²) in [6.07, 6.45) is 3.60. The highest BCUT2D eigenvalue weighted by molar-refractivity contribution is 6.30. The zero-order chi connectivity index (χ0) is 19.2. The Morgan fingerprint density at radius 2 is 1.64 bits per heavy atom. The lowest BCUT2D eigenvalue weighted by molar-refractivity contribution is 0.576. The molecule has 2 aromatic heterocycles. The number of hydrogen-bond donors (Lipinski definition) is 1. The van der Waals surface area contributed by atoms with Crippen LogP contribution in [0.15, 0.2) is 79.1 Å². The zero-order valence-electron chi connectivity index (χ0n) is 15.3. The smallest absolute Gasteiger partial charge is 0.117 e. The van der Waals surface area contributed by atoms with Crippen LogP contribution in [0.5, 0.6) is 0 Å². The molecular formula is C22H20ClN5. The molecule has 0 atom stereocenters. The van der Waals surface area contributed by atoms with Crippen LogP contribution in [0, 0.1) is 0 Å². The lowest BCUT2D eigenvalue weighted by atomic mass is 10.1. The van der Waals surface area contributed by atoms with Crippen LogP contribution in [0.25, 0.3) is 11.3 Å². The summed E-state index contributed by atoms with van der Waals surface area (Å²) < 4.78 is 0. The summed E-state index contributed by atoms with van der Waals surface area (Å²) in [6, 6.07) is 21.9. The SMILES string of the molecule is Clc1cccc(Cn2nc(CNCc3ccncc3)c(-c3ccccc3)n2)c1. The number of rotatable bonds is 7. The van der Waals surface area contributed by atoms with Crippen molar-refractivity contribution >= 4 is 11.6 Å². The highest BCUT2D eigenvalue weighted by Gasteiger charge is 2.13. The van der Waals surface area contributed by atoms with Crippen LogP contribution in [-0.2, 0) is 19.6 Å². The van der Waals surface area contributed by atoms with Crippen LogP contribution in [0.3, 0.4) is 0 Å². The molecule has 5 nitrogen and oxygen atoms in total. The zero-order valence-corrected chi connectivity index (χ0v) is 16.0. The number of pyridine rings is 1. The second kappa shape index (κ2) is 8.78. The van der Waals surface area contributed by atoms with Gasteiger partial charge in [-0.25, -0.2) is 0 Å². The van der Waals surface area contributed by atoms with Crippen LogP contribution >= 0.6 is 11.6 Å². The van der Waals surface area contributed by atoms with Crippen LogP contribution in [0.2, 0.25) is 5.02 Å². The lowest BCUT2D eigenvalue weighted by Gasteiger charge is -2.04. The third-order valence-corrected chi connectivity index (χ3v) is 4.59. The van der Waals surface area contributed by atoms with Crippen LogP contribution in [0.1, 0.15) is 16.8 Å². The summed E-state index contributed by atoms with van der Waals surface area (Å²) in [6.45, 7) is 1.95. The molecule has 1 N–H and O–H groups in total. The van der Waals surface area contributed by atoms with Crippen LogP contribution in [-0.4, -0.2) is 20.0 Å². The van der Waals surface area contributed by atoms with Gasteiger partial charge < -0.3 is 5.32 Å². The molecule has 0 fully saturated rings. The van der Waals surface area contributed by atoms with E-state index in [-0.39, 0.29) is 0 Å². The molecule has 4 rings (SSSR count). The molecule has 0 aliphatic heterocycles. The molecule has 6 heteroatoms. The minimum atomic E-state index is 0.574. The molecule has 0 aliphatic rings. The second-order valence-electron chi connectivity index (χ2n) is 6.48. The molecule has 2 heterocycles. The first-order valence-corrected chi connectivity index (χ1v) is 9.49. The van der Waals surface area contributed by atoms with Gasteiger partial charge in [0.2, 0.25) is 0 Å². The van der Waals surface area contributed by atoms with E-state index < -0.39 is 0 Å². The number of benzene rings is 2. The molecule has 2 aromatic carbocycles. The van der Waals surface area contributed by atoms with Gasteiger partial charge in [0, 0.05) is 36.1 Å². The summed E-state index contributed by atoms with van der Waals surface area (Å²) in [7, 11) is 0. The average molecular weight is 390 g/mol. The Hall–Kier alpha value is -3.02. The second-order valence-corrected chi connectivity index (χ2v) is 6.92. The summed E-state index contributed by atoms with van der Waals surface area (Å²) in [5.74, 6) is 0. The molecule has 140 valence electrons. The van der Waals surface area contributed by atoms with Gasteiger partial charge in [-0.1, -0.05) is 54.1 Å². The van der Waals surface area contributed by atoms with E-state index in [0.29, 0.717) is 18.1 Å². The fourth-order valence-electron chi connectivity index (χ4n) is 3.02. The van der Waals surface area contributed by atoms with Crippen molar-refractivity contribution in [1.29, 1.82) is 0 Å². The molecule has 0 saturated heterocycles. The van der Waals surface area contributed by atoms with Gasteiger partial charge in [0.25, 0.3) is 0 Å². The van der Waals surface area contributed by atoms with Gasteiger partial charge in [0.15, 0.2) is 0 Å². The molecule has 0 aliphatic carbocycles. The molecule has 28 heavy (non-hydrogen) atoms. The van der Waals surface area contributed by atoms with E-state index >= 15 is 0 Å². The van der Waals surface area contributed by atoms with E-state index in [4.69, 9.17) is 21.8 Å². The van der Waals surface area contributed by atoms with Crippen molar-refractivity contribution < 1.29 is 0 Å². The largest absolute Gasteiger partial charge is 0.307 e. The first kappa shape index (κ1) is 18.3. The van der Waals surface area contributed by atoms with Crippen molar-refractivity contribution in [2.45, 2.75) is 19.6 Å². The predicted molar refractivity (Wildman–Crippen MR) is 111 cm³/mol. The Morgan fingerprint density at radius 3 is 2.43 bits per heavy atom. The van der Waals surface area contributed by atoms with Crippen molar-refractivity contribution in [3.05, 3.63) is 101 Å². The third kappa shape index (κ3) is 4.63. The van der Waals surface area contributed by atoms with Gasteiger partial charge in [0.1, 0.15) is 11.4 Å². The summed E-state index contributed by atoms with van der Waals surface area (Å²) in [5.41, 5.74) is 5.12. The van der Waals surface area contributed by atoms with Crippen LogP contribution in [0.4, 0.5) is 0 Å². The average Bonchev–Trinajstić information content (AvgIpc) is 3.12. The van der Waals surface area contributed by atoms with Crippen LogP contribution < -0.4 is 5.32 Å². The third-order valence-electron chi connectivity index (χ3n) is 4.36. The van der Waals surface area contributed by atoms with E-state index in [9.17, 15) is 0 Å². The topological polar surface area (TPSA) is 55.6 Å². The summed E-state index contributed by atoms with van der Waals surface area (Å²) in [4.78, 5) is 5.79. The quantitative estimate of drug-likeness (QED) is 0.511. The standard InChI is InChI=1S/C22H20ClN5/c23-20-8-4-5-18(13-20)16-28-26-21(15-25-14-17-9-11-24-12-10-17)22(27-28)19-6-2-1-3-7-19/h1-13,25H,14-16H2. The van der Waals surface area contributed by atoms with E-state index in [1.165, 1.54) is 5.56 Å². The molecule has 0 radical (unpaired) electrons. The number of nitrogens with zero attached hydrogens (tertiary/aromatic N) is 4. The van der Waals surface area contributed by atoms with Crippen molar-refractivity contribution in [2.24, 2.45) is 0 Å². The molecule has 4 aromatic rings. The Morgan fingerprint density at radius 1 is 0.821 bits per heavy atom. The highest BCUT2D eigenvalue weighted by atomic mass is 35.5. The molecule has 0 unspecified atom stereocenters. The van der Waals surface area contributed by atoms with E-state index in [1.807, 2.05) is 54.6 Å². The van der Waals surface area contributed by atoms with Crippen molar-refractivity contribution in [1.82, 2.24) is 25.3 Å². The predicted octanol–water partition coefficient (Wildman–Crippen LogP) is 4.33. The Kier molecular flexibility index (Phi) is 5.75. The van der Waals surface area contributed by atoms with Gasteiger partial charge in [0.05, 0.1) is 6.54 Å². The van der Waals surface area contributed by atoms with Crippen molar-refractivity contribution in [2.75, 3.05) is 0 Å². The van der Waals surface area contributed by atoms with Crippen molar-refractivity contribution in [3.8, 4) is 11.3 Å². The van der Waals surface area contributed by atoms with Gasteiger partial charge in [-0.05, 0) is 35.4 Å². The fourth-order valence-corrected chi connectivity index (χ4v) is 3.23. The molecule has 0 saturated carbocycles. The number of nitrogens with one attached hydrogen (secondary N) is 1. The minimum Gasteiger partial charge on any atom is -0.307 e. The highest BCUT2D eigenvalue weighted by Crippen LogP contribution is 2.21. The molecule has 0 amide bonds. The Bertz CT molecular complexity index is 1030. The lowest BCUT2D eigenvalue weighted by Crippen LogP contribution is -2.14. The molecule has 0 bridgehead atoms. The Labute approximate surface area is 169 Å². The van der Waals surface area contributed by atoms with E-state index in [2.05, 4.69) is 22.4 Å². The van der Waals surface area contributed by atoms with Crippen molar-refractivity contribution in [3.63, 3.8) is 0 Å². The minimum absolute atomic E-state index is 0.574. The summed E-state index contributed by atoms with van der Waals surface area (Å²) in [5, 5.41) is 13.6.